The Hall–Kier alpha value is -0.920. The first kappa shape index (κ1) is 15.0. The van der Waals surface area contributed by atoms with E-state index in [1.54, 1.807) is 17.3 Å². The van der Waals surface area contributed by atoms with Gasteiger partial charge in [0.05, 0.1) is 0 Å². The summed E-state index contributed by atoms with van der Waals surface area (Å²) in [6.07, 6.45) is 4.17. The van der Waals surface area contributed by atoms with E-state index in [1.165, 1.54) is 12.8 Å². The number of hydrogen-bond donors (Lipinski definition) is 1. The number of fused-ring (bicyclic) bond motifs is 2. The Balaban J connectivity index is 1.75. The fourth-order valence-corrected chi connectivity index (χ4v) is 5.40. The Bertz CT molecular complexity index is 586. The minimum absolute atomic E-state index is 0.0720. The summed E-state index contributed by atoms with van der Waals surface area (Å²) in [6, 6.07) is 2.77. The molecule has 1 aromatic rings. The number of hydrogen-bond acceptors (Lipinski definition) is 5. The predicted molar refractivity (Wildman–Crippen MR) is 79.2 cm³/mol. The van der Waals surface area contributed by atoms with E-state index in [1.807, 2.05) is 6.92 Å². The van der Waals surface area contributed by atoms with Gasteiger partial charge in [-0.2, -0.15) is 4.31 Å². The fraction of sp³-hybridized carbons (Fsp3) is 0.786. The summed E-state index contributed by atoms with van der Waals surface area (Å²) in [5.41, 5.74) is 0.489. The van der Waals surface area contributed by atoms with E-state index in [9.17, 15) is 8.42 Å². The Morgan fingerprint density at radius 2 is 2.05 bits per heavy atom. The van der Waals surface area contributed by atoms with Crippen molar-refractivity contribution in [3.63, 3.8) is 0 Å². The van der Waals surface area contributed by atoms with Gasteiger partial charge in [-0.05, 0) is 32.6 Å². The van der Waals surface area contributed by atoms with E-state index in [0.29, 0.717) is 30.1 Å². The number of sulfonamides is 1. The van der Waals surface area contributed by atoms with Crippen LogP contribution in [0.15, 0.2) is 10.6 Å². The molecule has 0 aliphatic carbocycles. The lowest BCUT2D eigenvalue weighted by Crippen LogP contribution is -2.50. The largest absolute Gasteiger partial charge is 0.361 e. The standard InChI is InChI=1S/C14H23N3O3S/c1-3-17(14-7-11-4-5-12(8-14)15-11)21(18,19)9-13-6-10(2)20-16-13/h6,11-12,14-15H,3-5,7-9H2,1-2H3. The molecule has 118 valence electrons. The lowest BCUT2D eigenvalue weighted by Gasteiger charge is -2.36. The van der Waals surface area contributed by atoms with Crippen molar-refractivity contribution >= 4 is 10.0 Å². The number of piperidine rings is 1. The maximum atomic E-state index is 12.7. The molecular formula is C14H23N3O3S. The number of aryl methyl sites for hydroxylation is 1. The van der Waals surface area contributed by atoms with E-state index in [4.69, 9.17) is 4.52 Å². The van der Waals surface area contributed by atoms with Crippen LogP contribution in [0.2, 0.25) is 0 Å². The summed E-state index contributed by atoms with van der Waals surface area (Å²) in [7, 11) is -3.35. The number of aromatic nitrogens is 1. The SMILES string of the molecule is CCN(C1CC2CCC(C1)N2)S(=O)(=O)Cc1cc(C)on1. The molecule has 21 heavy (non-hydrogen) atoms. The summed E-state index contributed by atoms with van der Waals surface area (Å²) in [4.78, 5) is 0. The molecule has 0 spiro atoms. The number of nitrogens with one attached hydrogen (secondary N) is 1. The second-order valence-corrected chi connectivity index (χ2v) is 8.07. The second-order valence-electron chi connectivity index (χ2n) is 6.15. The summed E-state index contributed by atoms with van der Waals surface area (Å²) >= 11 is 0. The summed E-state index contributed by atoms with van der Waals surface area (Å²) in [5.74, 6) is 0.570. The highest BCUT2D eigenvalue weighted by molar-refractivity contribution is 7.88. The molecule has 0 aromatic carbocycles. The van der Waals surface area contributed by atoms with Crippen LogP contribution < -0.4 is 5.32 Å². The first-order chi connectivity index (χ1) is 9.98. The normalized spacial score (nSPS) is 29.2. The van der Waals surface area contributed by atoms with Crippen molar-refractivity contribution in [2.75, 3.05) is 6.54 Å². The molecule has 0 saturated carbocycles. The lowest BCUT2D eigenvalue weighted by molar-refractivity contribution is 0.232. The maximum Gasteiger partial charge on any atom is 0.220 e. The zero-order valence-electron chi connectivity index (χ0n) is 12.6. The maximum absolute atomic E-state index is 12.7. The van der Waals surface area contributed by atoms with Crippen molar-refractivity contribution in [2.45, 2.75) is 63.4 Å². The van der Waals surface area contributed by atoms with Crippen LogP contribution in [0.4, 0.5) is 0 Å². The number of nitrogens with zero attached hydrogens (tertiary/aromatic N) is 2. The van der Waals surface area contributed by atoms with Crippen molar-refractivity contribution < 1.29 is 12.9 Å². The molecule has 2 unspecified atom stereocenters. The summed E-state index contributed by atoms with van der Waals surface area (Å²) in [5, 5.41) is 7.37. The molecular weight excluding hydrogens is 290 g/mol. The molecule has 2 bridgehead atoms. The molecule has 1 aromatic heterocycles. The van der Waals surface area contributed by atoms with Crippen LogP contribution >= 0.6 is 0 Å². The average Bonchev–Trinajstić information content (AvgIpc) is 2.95. The Morgan fingerprint density at radius 1 is 1.38 bits per heavy atom. The van der Waals surface area contributed by atoms with Gasteiger partial charge in [0, 0.05) is 30.7 Å². The highest BCUT2D eigenvalue weighted by Gasteiger charge is 2.39. The molecule has 2 fully saturated rings. The average molecular weight is 313 g/mol. The summed E-state index contributed by atoms with van der Waals surface area (Å²) in [6.45, 7) is 4.20. The minimum atomic E-state index is -3.35. The second kappa shape index (κ2) is 5.70. The van der Waals surface area contributed by atoms with Crippen LogP contribution in [0.1, 0.15) is 44.1 Å². The van der Waals surface area contributed by atoms with Gasteiger partial charge < -0.3 is 9.84 Å². The third kappa shape index (κ3) is 3.14. The van der Waals surface area contributed by atoms with Gasteiger partial charge in [0.15, 0.2) is 0 Å². The highest BCUT2D eigenvalue weighted by Crippen LogP contribution is 2.31. The first-order valence-electron chi connectivity index (χ1n) is 7.65. The van der Waals surface area contributed by atoms with Crippen molar-refractivity contribution in [3.8, 4) is 0 Å². The third-order valence-electron chi connectivity index (χ3n) is 4.53. The Labute approximate surface area is 125 Å². The van der Waals surface area contributed by atoms with Gasteiger partial charge in [-0.15, -0.1) is 0 Å². The van der Waals surface area contributed by atoms with Crippen molar-refractivity contribution in [1.82, 2.24) is 14.8 Å². The molecule has 3 heterocycles. The van der Waals surface area contributed by atoms with E-state index >= 15 is 0 Å². The molecule has 0 radical (unpaired) electrons. The van der Waals surface area contributed by atoms with E-state index in [-0.39, 0.29) is 11.8 Å². The lowest BCUT2D eigenvalue weighted by atomic mass is 10.00. The molecule has 1 N–H and O–H groups in total. The monoisotopic (exact) mass is 313 g/mol. The summed E-state index contributed by atoms with van der Waals surface area (Å²) < 4.78 is 32.0. The van der Waals surface area contributed by atoms with Gasteiger partial charge in [0.25, 0.3) is 0 Å². The van der Waals surface area contributed by atoms with Crippen molar-refractivity contribution in [3.05, 3.63) is 17.5 Å². The van der Waals surface area contributed by atoms with Crippen LogP contribution in [0.25, 0.3) is 0 Å². The zero-order valence-corrected chi connectivity index (χ0v) is 13.4. The minimum Gasteiger partial charge on any atom is -0.361 e. The van der Waals surface area contributed by atoms with Crippen LogP contribution in [-0.4, -0.2) is 42.5 Å². The fourth-order valence-electron chi connectivity index (χ4n) is 3.70. The molecule has 0 amide bonds. The van der Waals surface area contributed by atoms with Gasteiger partial charge in [0.1, 0.15) is 17.2 Å². The quantitative estimate of drug-likeness (QED) is 0.890. The Kier molecular flexibility index (Phi) is 4.07. The van der Waals surface area contributed by atoms with Crippen LogP contribution in [0, 0.1) is 6.92 Å². The third-order valence-corrected chi connectivity index (χ3v) is 6.46. The van der Waals surface area contributed by atoms with Crippen molar-refractivity contribution in [2.24, 2.45) is 0 Å². The van der Waals surface area contributed by atoms with Gasteiger partial charge in [-0.1, -0.05) is 12.1 Å². The van der Waals surface area contributed by atoms with Crippen LogP contribution in [0.5, 0.6) is 0 Å². The van der Waals surface area contributed by atoms with Gasteiger partial charge in [-0.25, -0.2) is 8.42 Å². The van der Waals surface area contributed by atoms with E-state index in [2.05, 4.69) is 10.5 Å². The van der Waals surface area contributed by atoms with Crippen molar-refractivity contribution in [1.29, 1.82) is 0 Å². The van der Waals surface area contributed by atoms with Crippen LogP contribution in [0.3, 0.4) is 0 Å². The van der Waals surface area contributed by atoms with Gasteiger partial charge in [0.2, 0.25) is 10.0 Å². The Morgan fingerprint density at radius 3 is 2.57 bits per heavy atom. The molecule has 2 saturated heterocycles. The highest BCUT2D eigenvalue weighted by atomic mass is 32.2. The molecule has 6 nitrogen and oxygen atoms in total. The van der Waals surface area contributed by atoms with Crippen LogP contribution in [-0.2, 0) is 15.8 Å². The van der Waals surface area contributed by atoms with Gasteiger partial charge >= 0.3 is 0 Å². The number of rotatable bonds is 5. The smallest absolute Gasteiger partial charge is 0.220 e. The molecule has 2 atom stereocenters. The van der Waals surface area contributed by atoms with Gasteiger partial charge in [-0.3, -0.25) is 0 Å². The molecule has 7 heteroatoms. The zero-order chi connectivity index (χ0) is 15.0. The van der Waals surface area contributed by atoms with E-state index in [0.717, 1.165) is 12.8 Å². The molecule has 2 aliphatic rings. The topological polar surface area (TPSA) is 75.4 Å². The molecule has 2 aliphatic heterocycles. The molecule has 3 rings (SSSR count). The first-order valence-corrected chi connectivity index (χ1v) is 9.26. The van der Waals surface area contributed by atoms with E-state index < -0.39 is 10.0 Å². The predicted octanol–water partition coefficient (Wildman–Crippen LogP) is 1.42.